The van der Waals surface area contributed by atoms with Crippen LogP contribution in [0, 0.1) is 0 Å². The lowest BCUT2D eigenvalue weighted by Crippen LogP contribution is -2.58. The van der Waals surface area contributed by atoms with Gasteiger partial charge in [0.05, 0.1) is 11.5 Å². The fraction of sp³-hybridized carbons (Fsp3) is 0.818. The summed E-state index contributed by atoms with van der Waals surface area (Å²) in [5, 5.41) is 3.32. The van der Waals surface area contributed by atoms with Crippen LogP contribution in [0.15, 0.2) is 12.2 Å². The van der Waals surface area contributed by atoms with E-state index in [1.807, 2.05) is 13.0 Å². The van der Waals surface area contributed by atoms with Crippen molar-refractivity contribution in [1.82, 2.24) is 5.32 Å². The van der Waals surface area contributed by atoms with Crippen LogP contribution in [0.1, 0.15) is 26.2 Å². The van der Waals surface area contributed by atoms with Gasteiger partial charge in [-0.2, -0.15) is 0 Å². The molecule has 0 saturated carbocycles. The van der Waals surface area contributed by atoms with E-state index in [4.69, 9.17) is 5.73 Å². The molecule has 3 N–H and O–H groups in total. The Hall–Kier alpha value is -0.390. The molecule has 0 spiro atoms. The molecule has 1 fully saturated rings. The van der Waals surface area contributed by atoms with E-state index in [-0.39, 0.29) is 5.75 Å². The van der Waals surface area contributed by atoms with Crippen molar-refractivity contribution in [2.75, 3.05) is 24.6 Å². The SMILES string of the molecule is C/C=C/CCNC1(CN)CCCS(=O)(=O)C1. The third-order valence-electron chi connectivity index (χ3n) is 3.04. The summed E-state index contributed by atoms with van der Waals surface area (Å²) < 4.78 is 23.2. The van der Waals surface area contributed by atoms with Gasteiger partial charge in [0.1, 0.15) is 0 Å². The maximum absolute atomic E-state index is 11.6. The standard InChI is InChI=1S/C11H22N2O2S/c1-2-3-4-7-13-11(9-12)6-5-8-16(14,15)10-11/h2-3,13H,4-10,12H2,1H3/b3-2+. The van der Waals surface area contributed by atoms with E-state index >= 15 is 0 Å². The van der Waals surface area contributed by atoms with Gasteiger partial charge in [-0.05, 0) is 32.7 Å². The monoisotopic (exact) mass is 246 g/mol. The van der Waals surface area contributed by atoms with Crippen molar-refractivity contribution in [2.24, 2.45) is 5.73 Å². The average molecular weight is 246 g/mol. The molecule has 0 aliphatic carbocycles. The van der Waals surface area contributed by atoms with Gasteiger partial charge < -0.3 is 11.1 Å². The van der Waals surface area contributed by atoms with Crippen molar-refractivity contribution in [1.29, 1.82) is 0 Å². The molecular weight excluding hydrogens is 224 g/mol. The van der Waals surface area contributed by atoms with Crippen LogP contribution in [0.2, 0.25) is 0 Å². The molecule has 1 aliphatic rings. The van der Waals surface area contributed by atoms with Gasteiger partial charge in [-0.3, -0.25) is 0 Å². The molecule has 1 aliphatic heterocycles. The number of hydrogen-bond donors (Lipinski definition) is 2. The Kier molecular flexibility index (Phi) is 4.95. The van der Waals surface area contributed by atoms with Gasteiger partial charge in [-0.15, -0.1) is 0 Å². The van der Waals surface area contributed by atoms with E-state index < -0.39 is 15.4 Å². The van der Waals surface area contributed by atoms with Gasteiger partial charge in [0.15, 0.2) is 9.84 Å². The maximum Gasteiger partial charge on any atom is 0.152 e. The first kappa shape index (κ1) is 13.7. The molecule has 0 bridgehead atoms. The van der Waals surface area contributed by atoms with Crippen LogP contribution >= 0.6 is 0 Å². The van der Waals surface area contributed by atoms with Gasteiger partial charge in [-0.25, -0.2) is 8.42 Å². The Bertz CT molecular complexity index is 338. The smallest absolute Gasteiger partial charge is 0.152 e. The zero-order chi connectivity index (χ0) is 12.1. The first-order valence-corrected chi connectivity index (χ1v) is 7.62. The summed E-state index contributed by atoms with van der Waals surface area (Å²) in [4.78, 5) is 0. The van der Waals surface area contributed by atoms with Crippen molar-refractivity contribution < 1.29 is 8.42 Å². The lowest BCUT2D eigenvalue weighted by Gasteiger charge is -2.36. The number of allylic oxidation sites excluding steroid dienone is 1. The van der Waals surface area contributed by atoms with Crippen LogP contribution in [0.4, 0.5) is 0 Å². The second-order valence-electron chi connectivity index (χ2n) is 4.46. The Morgan fingerprint density at radius 2 is 2.25 bits per heavy atom. The summed E-state index contributed by atoms with van der Waals surface area (Å²) in [7, 11) is -2.91. The molecule has 0 aromatic heterocycles. The minimum atomic E-state index is -2.91. The first-order chi connectivity index (χ1) is 7.54. The predicted octanol–water partition coefficient (Wildman–Crippen LogP) is 0.448. The second-order valence-corrected chi connectivity index (χ2v) is 6.65. The van der Waals surface area contributed by atoms with Gasteiger partial charge in [0.2, 0.25) is 0 Å². The summed E-state index contributed by atoms with van der Waals surface area (Å²) in [5.41, 5.74) is 5.34. The number of rotatable bonds is 5. The van der Waals surface area contributed by atoms with E-state index in [0.29, 0.717) is 12.3 Å². The van der Waals surface area contributed by atoms with E-state index in [2.05, 4.69) is 11.4 Å². The summed E-state index contributed by atoms with van der Waals surface area (Å²) in [6.45, 7) is 3.16. The minimum Gasteiger partial charge on any atom is -0.329 e. The molecule has 94 valence electrons. The quantitative estimate of drug-likeness (QED) is 0.546. The molecule has 16 heavy (non-hydrogen) atoms. The summed E-state index contributed by atoms with van der Waals surface area (Å²) in [6.07, 6.45) is 6.55. The highest BCUT2D eigenvalue weighted by Gasteiger charge is 2.37. The number of sulfone groups is 1. The molecule has 1 heterocycles. The van der Waals surface area contributed by atoms with Crippen LogP contribution in [-0.2, 0) is 9.84 Å². The van der Waals surface area contributed by atoms with Gasteiger partial charge in [0.25, 0.3) is 0 Å². The van der Waals surface area contributed by atoms with E-state index in [0.717, 1.165) is 25.8 Å². The fourth-order valence-corrected chi connectivity index (χ4v) is 4.09. The normalized spacial score (nSPS) is 29.6. The lowest BCUT2D eigenvalue weighted by atomic mass is 9.95. The maximum atomic E-state index is 11.6. The van der Waals surface area contributed by atoms with Gasteiger partial charge in [-0.1, -0.05) is 12.2 Å². The van der Waals surface area contributed by atoms with Crippen LogP contribution < -0.4 is 11.1 Å². The third kappa shape index (κ3) is 3.88. The van der Waals surface area contributed by atoms with Crippen molar-refractivity contribution in [3.8, 4) is 0 Å². The van der Waals surface area contributed by atoms with Crippen molar-refractivity contribution in [2.45, 2.75) is 31.7 Å². The first-order valence-electron chi connectivity index (χ1n) is 5.80. The fourth-order valence-electron chi connectivity index (χ4n) is 2.16. The molecule has 0 aromatic carbocycles. The Morgan fingerprint density at radius 1 is 1.50 bits per heavy atom. The van der Waals surface area contributed by atoms with Crippen molar-refractivity contribution in [3.63, 3.8) is 0 Å². The largest absolute Gasteiger partial charge is 0.329 e. The molecule has 1 unspecified atom stereocenters. The van der Waals surface area contributed by atoms with Crippen molar-refractivity contribution >= 4 is 9.84 Å². The molecule has 1 atom stereocenters. The molecule has 1 saturated heterocycles. The summed E-state index contributed by atoms with van der Waals surface area (Å²) in [5.74, 6) is 0.498. The Balaban J connectivity index is 2.56. The Labute approximate surface area is 98.2 Å². The van der Waals surface area contributed by atoms with Crippen LogP contribution in [0.3, 0.4) is 0 Å². The highest BCUT2D eigenvalue weighted by molar-refractivity contribution is 7.91. The zero-order valence-electron chi connectivity index (χ0n) is 9.91. The van der Waals surface area contributed by atoms with Crippen LogP contribution in [-0.4, -0.2) is 38.6 Å². The average Bonchev–Trinajstić information content (AvgIpc) is 2.23. The van der Waals surface area contributed by atoms with Gasteiger partial charge >= 0.3 is 0 Å². The van der Waals surface area contributed by atoms with Crippen LogP contribution in [0.5, 0.6) is 0 Å². The second kappa shape index (κ2) is 5.80. The summed E-state index contributed by atoms with van der Waals surface area (Å²) >= 11 is 0. The highest BCUT2D eigenvalue weighted by Crippen LogP contribution is 2.22. The van der Waals surface area contributed by atoms with Crippen molar-refractivity contribution in [3.05, 3.63) is 12.2 Å². The van der Waals surface area contributed by atoms with E-state index in [9.17, 15) is 8.42 Å². The Morgan fingerprint density at radius 3 is 2.81 bits per heavy atom. The molecule has 1 rings (SSSR count). The molecule has 0 amide bonds. The number of hydrogen-bond acceptors (Lipinski definition) is 4. The molecule has 5 heteroatoms. The minimum absolute atomic E-state index is 0.187. The molecular formula is C11H22N2O2S. The molecule has 0 radical (unpaired) electrons. The predicted molar refractivity (Wildman–Crippen MR) is 67.1 cm³/mol. The number of nitrogens with one attached hydrogen (secondary N) is 1. The number of nitrogens with two attached hydrogens (primary N) is 1. The topological polar surface area (TPSA) is 72.2 Å². The van der Waals surface area contributed by atoms with Gasteiger partial charge in [0, 0.05) is 12.1 Å². The van der Waals surface area contributed by atoms with E-state index in [1.165, 1.54) is 0 Å². The molecule has 4 nitrogen and oxygen atoms in total. The van der Waals surface area contributed by atoms with E-state index in [1.54, 1.807) is 0 Å². The molecule has 0 aromatic rings. The zero-order valence-corrected chi connectivity index (χ0v) is 10.7. The highest BCUT2D eigenvalue weighted by atomic mass is 32.2. The van der Waals surface area contributed by atoms with Crippen LogP contribution in [0.25, 0.3) is 0 Å². The third-order valence-corrected chi connectivity index (χ3v) is 4.95. The summed E-state index contributed by atoms with van der Waals surface area (Å²) in [6, 6.07) is 0. The lowest BCUT2D eigenvalue weighted by molar-refractivity contribution is 0.330.